The molecular weight excluding hydrogens is 565 g/mol. The average molecular weight is 583 g/mol. The second-order valence-electron chi connectivity index (χ2n) is 7.64. The summed E-state index contributed by atoms with van der Waals surface area (Å²) in [7, 11) is 0. The van der Waals surface area contributed by atoms with Crippen molar-refractivity contribution in [1.29, 1.82) is 0 Å². The van der Waals surface area contributed by atoms with Crippen LogP contribution >= 0.6 is 0 Å². The van der Waals surface area contributed by atoms with E-state index in [0.717, 1.165) is 6.92 Å². The predicted molar refractivity (Wildman–Crippen MR) is 100 cm³/mol. The first-order chi connectivity index (χ1) is 17.0. The van der Waals surface area contributed by atoms with Gasteiger partial charge in [0.25, 0.3) is 0 Å². The molecule has 1 N–H and O–H groups in total. The van der Waals surface area contributed by atoms with Crippen molar-refractivity contribution in [1.82, 2.24) is 5.32 Å². The van der Waals surface area contributed by atoms with Gasteiger partial charge < -0.3 is 14.8 Å². The zero-order valence-corrected chi connectivity index (χ0v) is 19.0. The molecular formula is C20H18F13NO4. The van der Waals surface area contributed by atoms with Gasteiger partial charge in [-0.15, -0.1) is 0 Å². The van der Waals surface area contributed by atoms with Crippen LogP contribution in [0.3, 0.4) is 0 Å². The Balaban J connectivity index is 3.38. The van der Waals surface area contributed by atoms with Gasteiger partial charge in [-0.1, -0.05) is 37.3 Å². The number of rotatable bonds is 11. The van der Waals surface area contributed by atoms with E-state index in [1.165, 1.54) is 35.6 Å². The molecule has 0 aliphatic rings. The number of ether oxygens (including phenoxy) is 2. The first-order valence-electron chi connectivity index (χ1n) is 10.1. The molecule has 2 atom stereocenters. The van der Waals surface area contributed by atoms with E-state index in [4.69, 9.17) is 0 Å². The number of benzene rings is 1. The van der Waals surface area contributed by atoms with Crippen LogP contribution in [0.5, 0.6) is 0 Å². The first-order valence-corrected chi connectivity index (χ1v) is 10.1. The lowest BCUT2D eigenvalue weighted by Crippen LogP contribution is -2.72. The minimum Gasteiger partial charge on any atom is -0.464 e. The van der Waals surface area contributed by atoms with Crippen LogP contribution in [0.1, 0.15) is 19.4 Å². The molecule has 0 spiro atoms. The number of halogens is 13. The quantitative estimate of drug-likeness (QED) is 0.248. The number of nitrogens with one attached hydrogen (secondary N) is 1. The maximum atomic E-state index is 14.6. The van der Waals surface area contributed by atoms with Gasteiger partial charge in [-0.25, -0.2) is 9.59 Å². The molecule has 0 radical (unpaired) electrons. The maximum absolute atomic E-state index is 14.6. The Labute approximate surface area is 205 Å². The zero-order chi connectivity index (χ0) is 30.0. The fourth-order valence-corrected chi connectivity index (χ4v) is 2.79. The molecule has 218 valence electrons. The number of esters is 1. The number of carbonyl (C=O) groups excluding carboxylic acids is 2. The molecule has 38 heavy (non-hydrogen) atoms. The highest BCUT2D eigenvalue weighted by Crippen LogP contribution is 2.61. The molecule has 2 unspecified atom stereocenters. The Hall–Kier alpha value is -2.95. The van der Waals surface area contributed by atoms with Crippen LogP contribution in [-0.2, 0) is 20.9 Å². The van der Waals surface area contributed by atoms with E-state index in [2.05, 4.69) is 9.47 Å². The third-order valence-corrected chi connectivity index (χ3v) is 5.06. The third kappa shape index (κ3) is 5.87. The Morgan fingerprint density at radius 3 is 1.68 bits per heavy atom. The van der Waals surface area contributed by atoms with Crippen molar-refractivity contribution >= 4 is 12.1 Å². The molecule has 5 nitrogen and oxygen atoms in total. The van der Waals surface area contributed by atoms with Crippen molar-refractivity contribution in [2.75, 3.05) is 6.61 Å². The highest BCUT2D eigenvalue weighted by Gasteiger charge is 2.91. The van der Waals surface area contributed by atoms with E-state index < -0.39 is 73.0 Å². The summed E-state index contributed by atoms with van der Waals surface area (Å²) >= 11 is 0. The molecule has 1 aromatic rings. The summed E-state index contributed by atoms with van der Waals surface area (Å²) in [4.78, 5) is 24.0. The molecule has 0 aliphatic carbocycles. The van der Waals surface area contributed by atoms with Gasteiger partial charge >= 0.3 is 47.9 Å². The van der Waals surface area contributed by atoms with E-state index in [1.54, 1.807) is 0 Å². The second-order valence-corrected chi connectivity index (χ2v) is 7.64. The lowest BCUT2D eigenvalue weighted by atomic mass is 9.84. The molecule has 0 aliphatic heterocycles. The third-order valence-electron chi connectivity index (χ3n) is 5.06. The van der Waals surface area contributed by atoms with Crippen LogP contribution in [0.25, 0.3) is 0 Å². The van der Waals surface area contributed by atoms with Gasteiger partial charge in [0.2, 0.25) is 0 Å². The zero-order valence-electron chi connectivity index (χ0n) is 19.0. The highest BCUT2D eigenvalue weighted by atomic mass is 19.4. The summed E-state index contributed by atoms with van der Waals surface area (Å²) in [5.74, 6) is -44.0. The van der Waals surface area contributed by atoms with Crippen molar-refractivity contribution in [2.45, 2.75) is 62.3 Å². The van der Waals surface area contributed by atoms with Crippen LogP contribution in [0.15, 0.2) is 30.3 Å². The number of hydrogen-bond acceptors (Lipinski definition) is 4. The molecule has 18 heteroatoms. The topological polar surface area (TPSA) is 64.6 Å². The SMILES string of the molecule is CCOC(=O)C(NC(=O)OCc1ccccc1)C(C)C(F)(F)C(F)(F)C(F)(F)C(F)(F)C(F)(F)C(F)(F)F. The molecule has 1 aromatic carbocycles. The van der Waals surface area contributed by atoms with E-state index in [0.29, 0.717) is 0 Å². The summed E-state index contributed by atoms with van der Waals surface area (Å²) in [5.41, 5.74) is 0.271. The van der Waals surface area contributed by atoms with Gasteiger partial charge in [-0.3, -0.25) is 0 Å². The molecule has 0 fully saturated rings. The molecule has 1 rings (SSSR count). The number of amides is 1. The molecule has 0 saturated carbocycles. The summed E-state index contributed by atoms with van der Waals surface area (Å²) in [6.45, 7) is -0.437. The smallest absolute Gasteiger partial charge is 0.460 e. The summed E-state index contributed by atoms with van der Waals surface area (Å²) in [5, 5.41) is 1.28. The minimum absolute atomic E-state index is 0.177. The largest absolute Gasteiger partial charge is 0.464 e. The Kier molecular flexibility index (Phi) is 9.61. The normalized spacial score (nSPS) is 15.4. The Morgan fingerprint density at radius 1 is 0.763 bits per heavy atom. The maximum Gasteiger partial charge on any atom is 0.460 e. The molecule has 0 aromatic heterocycles. The fraction of sp³-hybridized carbons (Fsp3) is 0.600. The summed E-state index contributed by atoms with van der Waals surface area (Å²) < 4.78 is 184. The van der Waals surface area contributed by atoms with Crippen molar-refractivity contribution < 1.29 is 76.1 Å². The van der Waals surface area contributed by atoms with Gasteiger partial charge in [0.15, 0.2) is 0 Å². The van der Waals surface area contributed by atoms with Crippen molar-refractivity contribution in [2.24, 2.45) is 5.92 Å². The molecule has 0 bridgehead atoms. The first kappa shape index (κ1) is 33.1. The van der Waals surface area contributed by atoms with E-state index in [9.17, 15) is 66.7 Å². The van der Waals surface area contributed by atoms with Gasteiger partial charge in [-0.05, 0) is 12.5 Å². The van der Waals surface area contributed by atoms with E-state index in [-0.39, 0.29) is 12.5 Å². The Bertz CT molecular complexity index is 967. The molecule has 0 saturated heterocycles. The lowest BCUT2D eigenvalue weighted by Gasteiger charge is -2.42. The van der Waals surface area contributed by atoms with E-state index in [1.807, 2.05) is 0 Å². The molecule has 1 amide bonds. The van der Waals surface area contributed by atoms with Crippen LogP contribution < -0.4 is 5.32 Å². The number of hydrogen-bond donors (Lipinski definition) is 1. The van der Waals surface area contributed by atoms with Crippen molar-refractivity contribution in [3.63, 3.8) is 0 Å². The summed E-state index contributed by atoms with van der Waals surface area (Å²) in [6, 6.07) is 4.15. The number of alkyl carbamates (subject to hydrolysis) is 1. The standard InChI is InChI=1S/C20H18F13NO4/c1-3-37-13(35)12(34-14(36)38-9-11-7-5-4-6-8-11)10(2)15(21,22)16(23,24)17(25,26)18(27,28)19(29,30)20(31,32)33/h4-8,10,12H,3,9H2,1-2H3,(H,34,36). The van der Waals surface area contributed by atoms with Gasteiger partial charge in [-0.2, -0.15) is 57.1 Å². The van der Waals surface area contributed by atoms with E-state index >= 15 is 0 Å². The van der Waals surface area contributed by atoms with Crippen LogP contribution in [0.4, 0.5) is 61.9 Å². The fourth-order valence-electron chi connectivity index (χ4n) is 2.79. The number of carbonyl (C=O) groups is 2. The van der Waals surface area contributed by atoms with Crippen molar-refractivity contribution in [3.8, 4) is 0 Å². The minimum atomic E-state index is -8.10. The van der Waals surface area contributed by atoms with Crippen LogP contribution in [0.2, 0.25) is 0 Å². The van der Waals surface area contributed by atoms with Crippen LogP contribution in [-0.4, -0.2) is 60.5 Å². The lowest BCUT2D eigenvalue weighted by molar-refractivity contribution is -0.443. The van der Waals surface area contributed by atoms with Crippen LogP contribution in [0, 0.1) is 5.92 Å². The number of alkyl halides is 13. The van der Waals surface area contributed by atoms with Gasteiger partial charge in [0, 0.05) is 0 Å². The Morgan fingerprint density at radius 2 is 1.24 bits per heavy atom. The van der Waals surface area contributed by atoms with Gasteiger partial charge in [0.1, 0.15) is 12.6 Å². The predicted octanol–water partition coefficient (Wildman–Crippen LogP) is 6.22. The van der Waals surface area contributed by atoms with Gasteiger partial charge in [0.05, 0.1) is 12.5 Å². The highest BCUT2D eigenvalue weighted by molar-refractivity contribution is 5.81. The molecule has 0 heterocycles. The summed E-state index contributed by atoms with van der Waals surface area (Å²) in [6.07, 6.45) is -9.37. The monoisotopic (exact) mass is 583 g/mol. The van der Waals surface area contributed by atoms with Crippen molar-refractivity contribution in [3.05, 3.63) is 35.9 Å². The second kappa shape index (κ2) is 11.0. The average Bonchev–Trinajstić information content (AvgIpc) is 2.80.